The van der Waals surface area contributed by atoms with Gasteiger partial charge in [-0.05, 0) is 48.0 Å². The zero-order valence-electron chi connectivity index (χ0n) is 14.8. The van der Waals surface area contributed by atoms with E-state index in [1.165, 1.54) is 12.1 Å². The highest BCUT2D eigenvalue weighted by molar-refractivity contribution is 7.89. The zero-order chi connectivity index (χ0) is 20.8. The van der Waals surface area contributed by atoms with Crippen LogP contribution in [0, 0.1) is 0 Å². The summed E-state index contributed by atoms with van der Waals surface area (Å²) in [7, 11) is -3.80. The molecule has 0 bridgehead atoms. The molecule has 3 aromatic carbocycles. The van der Waals surface area contributed by atoms with Crippen LogP contribution in [0.5, 0.6) is 5.75 Å². The first-order valence-electron chi connectivity index (χ1n) is 8.51. The molecule has 0 amide bonds. The molecule has 4 nitrogen and oxygen atoms in total. The summed E-state index contributed by atoms with van der Waals surface area (Å²) in [6.45, 7) is 0. The lowest BCUT2D eigenvalue weighted by atomic mass is 9.92. The van der Waals surface area contributed by atoms with Crippen molar-refractivity contribution in [3.8, 4) is 5.75 Å². The second-order valence-electron chi connectivity index (χ2n) is 6.48. The lowest BCUT2D eigenvalue weighted by Crippen LogP contribution is -2.13. The van der Waals surface area contributed by atoms with Crippen molar-refractivity contribution in [2.24, 2.45) is 5.14 Å². The topological polar surface area (TPSA) is 69.4 Å². The highest BCUT2D eigenvalue weighted by Crippen LogP contribution is 2.45. The van der Waals surface area contributed by atoms with Gasteiger partial charge in [0.1, 0.15) is 11.5 Å². The molecule has 0 saturated heterocycles. The van der Waals surface area contributed by atoms with E-state index in [4.69, 9.17) is 44.7 Å². The van der Waals surface area contributed by atoms with Gasteiger partial charge in [-0.25, -0.2) is 13.6 Å². The van der Waals surface area contributed by atoms with E-state index >= 15 is 0 Å². The van der Waals surface area contributed by atoms with E-state index in [1.54, 1.807) is 24.3 Å². The minimum Gasteiger partial charge on any atom is -0.456 e. The first-order chi connectivity index (χ1) is 13.8. The number of benzene rings is 3. The number of nitrogens with two attached hydrogens (primary N) is 1. The Balaban J connectivity index is 1.94. The maximum absolute atomic E-state index is 11.6. The van der Waals surface area contributed by atoms with Crippen LogP contribution in [0.25, 0.3) is 11.3 Å². The van der Waals surface area contributed by atoms with Crippen molar-refractivity contribution in [2.75, 3.05) is 0 Å². The van der Waals surface area contributed by atoms with E-state index in [2.05, 4.69) is 0 Å². The van der Waals surface area contributed by atoms with Gasteiger partial charge in [0.15, 0.2) is 0 Å². The minimum absolute atomic E-state index is 0.0124. The smallest absolute Gasteiger partial charge is 0.238 e. The molecule has 1 aliphatic heterocycles. The Morgan fingerprint density at radius 2 is 1.52 bits per heavy atom. The van der Waals surface area contributed by atoms with Crippen LogP contribution in [-0.2, 0) is 16.4 Å². The normalized spacial score (nSPS) is 13.8. The average molecular weight is 467 g/mol. The van der Waals surface area contributed by atoms with Crippen LogP contribution < -0.4 is 9.88 Å². The third-order valence-electron chi connectivity index (χ3n) is 4.62. The number of primary sulfonamides is 1. The number of hydrogen-bond donors (Lipinski definition) is 1. The molecule has 148 valence electrons. The third kappa shape index (κ3) is 3.89. The molecule has 0 fully saturated rings. The fourth-order valence-electron chi connectivity index (χ4n) is 3.23. The summed E-state index contributed by atoms with van der Waals surface area (Å²) in [5.41, 5.74) is 2.97. The molecule has 0 aliphatic carbocycles. The maximum atomic E-state index is 11.6. The van der Waals surface area contributed by atoms with Crippen LogP contribution in [0.15, 0.2) is 65.6 Å². The molecule has 8 heteroatoms. The lowest BCUT2D eigenvalue weighted by Gasteiger charge is -2.25. The number of sulfonamides is 1. The third-order valence-corrected chi connectivity index (χ3v) is 6.67. The van der Waals surface area contributed by atoms with E-state index in [-0.39, 0.29) is 4.90 Å². The van der Waals surface area contributed by atoms with Gasteiger partial charge in [0.25, 0.3) is 0 Å². The summed E-state index contributed by atoms with van der Waals surface area (Å²) < 4.78 is 29.4. The Hall–Kier alpha value is -2.02. The van der Waals surface area contributed by atoms with Crippen LogP contribution in [-0.4, -0.2) is 8.42 Å². The molecule has 1 heterocycles. The van der Waals surface area contributed by atoms with Crippen molar-refractivity contribution in [2.45, 2.75) is 11.3 Å². The first kappa shape index (κ1) is 20.3. The van der Waals surface area contributed by atoms with Crippen LogP contribution in [0.2, 0.25) is 15.1 Å². The van der Waals surface area contributed by atoms with Gasteiger partial charge in [0.05, 0.1) is 14.9 Å². The van der Waals surface area contributed by atoms with Crippen LogP contribution in [0.4, 0.5) is 0 Å². The van der Waals surface area contributed by atoms with E-state index < -0.39 is 10.0 Å². The summed E-state index contributed by atoms with van der Waals surface area (Å²) in [6.07, 6.45) is 0.516. The van der Waals surface area contributed by atoms with Gasteiger partial charge in [0.2, 0.25) is 10.0 Å². The second-order valence-corrected chi connectivity index (χ2v) is 9.24. The fourth-order valence-corrected chi connectivity index (χ4v) is 4.50. The van der Waals surface area contributed by atoms with Crippen molar-refractivity contribution in [1.29, 1.82) is 0 Å². The molecular weight excluding hydrogens is 453 g/mol. The molecule has 4 rings (SSSR count). The van der Waals surface area contributed by atoms with Gasteiger partial charge in [0, 0.05) is 28.1 Å². The SMILES string of the molecule is NS(=O)(=O)c1ccc(C2=C(c3c(Cl)ccc(Cl)c3Cl)Cc3ccccc3O2)cc1. The Morgan fingerprint density at radius 3 is 2.21 bits per heavy atom. The number of hydrogen-bond acceptors (Lipinski definition) is 3. The van der Waals surface area contributed by atoms with E-state index in [1.807, 2.05) is 24.3 Å². The van der Waals surface area contributed by atoms with Gasteiger partial charge in [-0.1, -0.05) is 53.0 Å². The van der Waals surface area contributed by atoms with Gasteiger partial charge >= 0.3 is 0 Å². The van der Waals surface area contributed by atoms with Crippen LogP contribution >= 0.6 is 34.8 Å². The predicted molar refractivity (Wildman–Crippen MR) is 117 cm³/mol. The molecular formula is C21H14Cl3NO3S. The van der Waals surface area contributed by atoms with E-state index in [0.717, 1.165) is 11.1 Å². The van der Waals surface area contributed by atoms with Gasteiger partial charge < -0.3 is 4.74 Å². The summed E-state index contributed by atoms with van der Waals surface area (Å²) >= 11 is 19.2. The number of fused-ring (bicyclic) bond motifs is 1. The number of allylic oxidation sites excluding steroid dienone is 1. The summed E-state index contributed by atoms with van der Waals surface area (Å²) in [5.74, 6) is 1.23. The lowest BCUT2D eigenvalue weighted by molar-refractivity contribution is 0.502. The van der Waals surface area contributed by atoms with E-state index in [9.17, 15) is 8.42 Å². The van der Waals surface area contributed by atoms with Gasteiger partial charge in [-0.3, -0.25) is 0 Å². The molecule has 0 saturated carbocycles. The highest BCUT2D eigenvalue weighted by atomic mass is 35.5. The van der Waals surface area contributed by atoms with Crippen LogP contribution in [0.3, 0.4) is 0 Å². The standard InChI is InChI=1S/C21H14Cl3NO3S/c22-16-9-10-17(23)20(24)19(16)15-11-13-3-1-2-4-18(13)28-21(15)12-5-7-14(8-6-12)29(25,26)27/h1-10H,11H2,(H2,25,26,27). The molecule has 29 heavy (non-hydrogen) atoms. The Kier molecular flexibility index (Phi) is 5.36. The minimum atomic E-state index is -3.80. The Bertz CT molecular complexity index is 1250. The van der Waals surface area contributed by atoms with Crippen molar-refractivity contribution in [3.05, 3.63) is 92.4 Å². The van der Waals surface area contributed by atoms with E-state index in [0.29, 0.717) is 44.1 Å². The zero-order valence-corrected chi connectivity index (χ0v) is 17.9. The Morgan fingerprint density at radius 1 is 0.862 bits per heavy atom. The predicted octanol–water partition coefficient (Wildman–Crippen LogP) is 5.80. The molecule has 0 unspecified atom stereocenters. The number of para-hydroxylation sites is 1. The molecule has 0 atom stereocenters. The van der Waals surface area contributed by atoms with Crippen molar-refractivity contribution >= 4 is 56.2 Å². The highest BCUT2D eigenvalue weighted by Gasteiger charge is 2.26. The fraction of sp³-hybridized carbons (Fsp3) is 0.0476. The van der Waals surface area contributed by atoms with Crippen molar-refractivity contribution < 1.29 is 13.2 Å². The molecule has 0 radical (unpaired) electrons. The maximum Gasteiger partial charge on any atom is 0.238 e. The van der Waals surface area contributed by atoms with Crippen molar-refractivity contribution in [3.63, 3.8) is 0 Å². The van der Waals surface area contributed by atoms with Crippen LogP contribution in [0.1, 0.15) is 16.7 Å². The molecule has 2 N–H and O–H groups in total. The molecule has 1 aliphatic rings. The monoisotopic (exact) mass is 465 g/mol. The second kappa shape index (κ2) is 7.67. The summed E-state index contributed by atoms with van der Waals surface area (Å²) in [4.78, 5) is 0.0124. The largest absolute Gasteiger partial charge is 0.456 e. The molecule has 0 spiro atoms. The Labute approximate surface area is 183 Å². The average Bonchev–Trinajstić information content (AvgIpc) is 2.70. The molecule has 0 aromatic heterocycles. The molecule has 3 aromatic rings. The summed E-state index contributed by atoms with van der Waals surface area (Å²) in [5, 5.41) is 6.35. The first-order valence-corrected chi connectivity index (χ1v) is 11.2. The quantitative estimate of drug-likeness (QED) is 0.496. The number of rotatable bonds is 3. The number of halogens is 3. The summed E-state index contributed by atoms with van der Waals surface area (Å²) in [6, 6.07) is 17.1. The van der Waals surface area contributed by atoms with Crippen molar-refractivity contribution in [1.82, 2.24) is 0 Å². The number of ether oxygens (including phenoxy) is 1. The van der Waals surface area contributed by atoms with Gasteiger partial charge in [-0.15, -0.1) is 0 Å². The van der Waals surface area contributed by atoms with Gasteiger partial charge in [-0.2, -0.15) is 0 Å².